The van der Waals surface area contributed by atoms with Gasteiger partial charge in [0.2, 0.25) is 0 Å². The fraction of sp³-hybridized carbons (Fsp3) is 0.944. The van der Waals surface area contributed by atoms with Crippen molar-refractivity contribution in [2.45, 2.75) is 77.6 Å². The SMILES string of the molecule is CCCCCCCCCCCCCOCCOCC(=O)OC. The van der Waals surface area contributed by atoms with E-state index < -0.39 is 0 Å². The first-order valence-corrected chi connectivity index (χ1v) is 9.03. The van der Waals surface area contributed by atoms with Gasteiger partial charge in [-0.25, -0.2) is 4.79 Å². The molecule has 0 aliphatic heterocycles. The molecule has 0 aliphatic rings. The highest BCUT2D eigenvalue weighted by molar-refractivity contribution is 5.70. The number of carbonyl (C=O) groups excluding carboxylic acids is 1. The number of hydrogen-bond acceptors (Lipinski definition) is 4. The predicted molar refractivity (Wildman–Crippen MR) is 90.1 cm³/mol. The number of esters is 1. The maximum absolute atomic E-state index is 10.8. The van der Waals surface area contributed by atoms with Crippen LogP contribution in [0, 0.1) is 0 Å². The average molecular weight is 316 g/mol. The fourth-order valence-corrected chi connectivity index (χ4v) is 2.30. The van der Waals surface area contributed by atoms with E-state index in [1.807, 2.05) is 0 Å². The Labute approximate surface area is 136 Å². The van der Waals surface area contributed by atoms with Crippen LogP contribution in [0.15, 0.2) is 0 Å². The van der Waals surface area contributed by atoms with E-state index >= 15 is 0 Å². The lowest BCUT2D eigenvalue weighted by Crippen LogP contribution is -2.13. The van der Waals surface area contributed by atoms with E-state index in [1.54, 1.807) is 0 Å². The third-order valence-electron chi connectivity index (χ3n) is 3.71. The monoisotopic (exact) mass is 316 g/mol. The largest absolute Gasteiger partial charge is 0.467 e. The van der Waals surface area contributed by atoms with Crippen LogP contribution in [0.4, 0.5) is 0 Å². The van der Waals surface area contributed by atoms with Crippen molar-refractivity contribution in [2.24, 2.45) is 0 Å². The minimum atomic E-state index is -0.342. The summed E-state index contributed by atoms with van der Waals surface area (Å²) < 4.78 is 15.0. The second kappa shape index (κ2) is 18.4. The van der Waals surface area contributed by atoms with Crippen LogP contribution in [0.3, 0.4) is 0 Å². The minimum absolute atomic E-state index is 0.0122. The molecule has 0 saturated heterocycles. The van der Waals surface area contributed by atoms with Crippen LogP contribution in [0.25, 0.3) is 0 Å². The van der Waals surface area contributed by atoms with Crippen LogP contribution in [0.1, 0.15) is 77.6 Å². The van der Waals surface area contributed by atoms with Gasteiger partial charge >= 0.3 is 5.97 Å². The first-order valence-electron chi connectivity index (χ1n) is 9.03. The molecular weight excluding hydrogens is 280 g/mol. The van der Waals surface area contributed by atoms with Crippen molar-refractivity contribution in [3.8, 4) is 0 Å². The van der Waals surface area contributed by atoms with Crippen LogP contribution in [0.2, 0.25) is 0 Å². The Morgan fingerprint density at radius 2 is 1.18 bits per heavy atom. The molecule has 0 bridgehead atoms. The number of unbranched alkanes of at least 4 members (excludes halogenated alkanes) is 10. The number of carbonyl (C=O) groups is 1. The topological polar surface area (TPSA) is 44.8 Å². The first kappa shape index (κ1) is 21.4. The summed E-state index contributed by atoms with van der Waals surface area (Å²) in [5.74, 6) is -0.342. The number of rotatable bonds is 17. The van der Waals surface area contributed by atoms with Gasteiger partial charge in [-0.1, -0.05) is 71.1 Å². The molecule has 22 heavy (non-hydrogen) atoms. The summed E-state index contributed by atoms with van der Waals surface area (Å²) >= 11 is 0. The summed E-state index contributed by atoms with van der Waals surface area (Å²) in [5.41, 5.74) is 0. The average Bonchev–Trinajstić information content (AvgIpc) is 2.54. The summed E-state index contributed by atoms with van der Waals surface area (Å²) in [6.07, 6.45) is 14.8. The van der Waals surface area contributed by atoms with Crippen molar-refractivity contribution >= 4 is 5.97 Å². The van der Waals surface area contributed by atoms with Crippen LogP contribution in [-0.4, -0.2) is 39.5 Å². The quantitative estimate of drug-likeness (QED) is 0.293. The highest BCUT2D eigenvalue weighted by Crippen LogP contribution is 2.11. The van der Waals surface area contributed by atoms with Crippen LogP contribution >= 0.6 is 0 Å². The number of ether oxygens (including phenoxy) is 3. The van der Waals surface area contributed by atoms with E-state index in [2.05, 4.69) is 11.7 Å². The van der Waals surface area contributed by atoms with E-state index in [0.29, 0.717) is 13.2 Å². The second-order valence-corrected chi connectivity index (χ2v) is 5.78. The molecule has 0 aromatic rings. The van der Waals surface area contributed by atoms with Gasteiger partial charge in [0.1, 0.15) is 6.61 Å². The van der Waals surface area contributed by atoms with Gasteiger partial charge in [0.15, 0.2) is 0 Å². The van der Waals surface area contributed by atoms with Crippen molar-refractivity contribution in [3.05, 3.63) is 0 Å². The lowest BCUT2D eigenvalue weighted by atomic mass is 10.1. The van der Waals surface area contributed by atoms with Gasteiger partial charge in [-0.15, -0.1) is 0 Å². The first-order chi connectivity index (χ1) is 10.8. The van der Waals surface area contributed by atoms with Crippen LogP contribution in [0.5, 0.6) is 0 Å². The van der Waals surface area contributed by atoms with E-state index in [1.165, 1.54) is 71.3 Å². The predicted octanol–water partition coefficient (Wildman–Crippen LogP) is 4.50. The summed E-state index contributed by atoms with van der Waals surface area (Å²) in [7, 11) is 1.36. The summed E-state index contributed by atoms with van der Waals surface area (Å²) in [6.45, 7) is 4.07. The zero-order chi connectivity index (χ0) is 16.3. The molecule has 0 saturated carbocycles. The Balaban J connectivity index is 2.98. The molecule has 0 aromatic heterocycles. The molecule has 0 radical (unpaired) electrons. The van der Waals surface area contributed by atoms with E-state index in [9.17, 15) is 4.79 Å². The molecule has 0 unspecified atom stereocenters. The molecule has 0 aliphatic carbocycles. The van der Waals surface area contributed by atoms with Crippen molar-refractivity contribution < 1.29 is 19.0 Å². The molecule has 4 nitrogen and oxygen atoms in total. The highest BCUT2D eigenvalue weighted by atomic mass is 16.6. The minimum Gasteiger partial charge on any atom is -0.467 e. The summed E-state index contributed by atoms with van der Waals surface area (Å²) in [6, 6.07) is 0. The van der Waals surface area contributed by atoms with Crippen molar-refractivity contribution in [2.75, 3.05) is 33.5 Å². The number of hydrogen-bond donors (Lipinski definition) is 0. The molecule has 0 N–H and O–H groups in total. The van der Waals surface area contributed by atoms with Gasteiger partial charge in [-0.2, -0.15) is 0 Å². The zero-order valence-electron chi connectivity index (χ0n) is 14.7. The third-order valence-corrected chi connectivity index (χ3v) is 3.71. The lowest BCUT2D eigenvalue weighted by molar-refractivity contribution is -0.146. The maximum atomic E-state index is 10.8. The molecule has 0 rings (SSSR count). The Bertz CT molecular complexity index is 231. The van der Waals surface area contributed by atoms with Crippen LogP contribution < -0.4 is 0 Å². The van der Waals surface area contributed by atoms with Crippen LogP contribution in [-0.2, 0) is 19.0 Å². The Morgan fingerprint density at radius 1 is 0.682 bits per heavy atom. The molecule has 0 atom stereocenters. The third kappa shape index (κ3) is 17.4. The van der Waals surface area contributed by atoms with Gasteiger partial charge in [-0.05, 0) is 6.42 Å². The normalized spacial score (nSPS) is 10.8. The Morgan fingerprint density at radius 3 is 1.73 bits per heavy atom. The standard InChI is InChI=1S/C18H36O4/c1-3-4-5-6-7-8-9-10-11-12-13-14-21-15-16-22-17-18(19)20-2/h3-17H2,1-2H3. The second-order valence-electron chi connectivity index (χ2n) is 5.78. The van der Waals surface area contributed by atoms with Gasteiger partial charge in [0, 0.05) is 6.61 Å². The Hall–Kier alpha value is -0.610. The smallest absolute Gasteiger partial charge is 0.331 e. The molecule has 0 aromatic carbocycles. The molecule has 4 heteroatoms. The fourth-order valence-electron chi connectivity index (χ4n) is 2.30. The molecule has 0 fully saturated rings. The molecular formula is C18H36O4. The molecule has 0 heterocycles. The molecule has 132 valence electrons. The maximum Gasteiger partial charge on any atom is 0.331 e. The highest BCUT2D eigenvalue weighted by Gasteiger charge is 1.98. The van der Waals surface area contributed by atoms with E-state index in [-0.39, 0.29) is 12.6 Å². The van der Waals surface area contributed by atoms with Gasteiger partial charge in [-0.3, -0.25) is 0 Å². The Kier molecular flexibility index (Phi) is 17.9. The summed E-state index contributed by atoms with van der Waals surface area (Å²) in [4.78, 5) is 10.8. The van der Waals surface area contributed by atoms with Crippen molar-refractivity contribution in [1.82, 2.24) is 0 Å². The van der Waals surface area contributed by atoms with Gasteiger partial charge in [0.25, 0.3) is 0 Å². The van der Waals surface area contributed by atoms with Gasteiger partial charge < -0.3 is 14.2 Å². The summed E-state index contributed by atoms with van der Waals surface area (Å²) in [5, 5.41) is 0. The van der Waals surface area contributed by atoms with E-state index in [0.717, 1.165) is 13.0 Å². The number of methoxy groups -OCH3 is 1. The van der Waals surface area contributed by atoms with Gasteiger partial charge in [0.05, 0.1) is 20.3 Å². The molecule has 0 amide bonds. The lowest BCUT2D eigenvalue weighted by Gasteiger charge is -2.05. The van der Waals surface area contributed by atoms with Crippen molar-refractivity contribution in [1.29, 1.82) is 0 Å². The van der Waals surface area contributed by atoms with E-state index in [4.69, 9.17) is 9.47 Å². The zero-order valence-corrected chi connectivity index (χ0v) is 14.7. The van der Waals surface area contributed by atoms with Crippen molar-refractivity contribution in [3.63, 3.8) is 0 Å². The molecule has 0 spiro atoms.